The molecule has 0 aliphatic rings. The number of non-ortho nitro benzene ring substituents is 2. The number of nitro groups is 2. The van der Waals surface area contributed by atoms with Gasteiger partial charge in [-0.1, -0.05) is 0 Å². The molecule has 8 heteroatoms. The summed E-state index contributed by atoms with van der Waals surface area (Å²) >= 11 is 0. The van der Waals surface area contributed by atoms with Crippen LogP contribution in [0.3, 0.4) is 0 Å². The lowest BCUT2D eigenvalue weighted by molar-refractivity contribution is -0.384. The Kier molecular flexibility index (Phi) is 2.65. The van der Waals surface area contributed by atoms with Crippen LogP contribution in [0, 0.1) is 20.2 Å². The number of nitro benzene ring substituents is 2. The number of aromatic nitrogens is 2. The summed E-state index contributed by atoms with van der Waals surface area (Å²) in [6, 6.07) is 13.2. The zero-order valence-corrected chi connectivity index (χ0v) is 13.1. The number of nitrogens with one attached hydrogen (secondary N) is 2. The van der Waals surface area contributed by atoms with Gasteiger partial charge in [0.25, 0.3) is 11.4 Å². The maximum absolute atomic E-state index is 11.1. The number of aromatic amines is 2. The summed E-state index contributed by atoms with van der Waals surface area (Å²) in [6.45, 7) is 0. The minimum absolute atomic E-state index is 0.0331. The average Bonchev–Trinajstić information content (AvgIpc) is 3.15. The van der Waals surface area contributed by atoms with E-state index >= 15 is 0 Å². The number of nitrogens with zero attached hydrogens (tertiary/aromatic N) is 2. The molecule has 0 amide bonds. The molecular weight excluding hydrogens is 336 g/mol. The van der Waals surface area contributed by atoms with Crippen LogP contribution in [0.1, 0.15) is 0 Å². The van der Waals surface area contributed by atoms with Gasteiger partial charge in [0.2, 0.25) is 0 Å². The summed E-state index contributed by atoms with van der Waals surface area (Å²) in [4.78, 5) is 27.8. The molecule has 2 aromatic heterocycles. The normalized spacial score (nSPS) is 11.7. The van der Waals surface area contributed by atoms with E-state index in [1.54, 1.807) is 24.3 Å². The Morgan fingerprint density at radius 1 is 0.577 bits per heavy atom. The van der Waals surface area contributed by atoms with Crippen LogP contribution in [0.5, 0.6) is 0 Å². The van der Waals surface area contributed by atoms with Crippen LogP contribution < -0.4 is 0 Å². The van der Waals surface area contributed by atoms with E-state index in [1.165, 1.54) is 12.1 Å². The van der Waals surface area contributed by atoms with Crippen molar-refractivity contribution < 1.29 is 9.85 Å². The van der Waals surface area contributed by atoms with E-state index in [-0.39, 0.29) is 11.4 Å². The van der Waals surface area contributed by atoms with Crippen molar-refractivity contribution in [2.45, 2.75) is 0 Å². The smallest absolute Gasteiger partial charge is 0.270 e. The van der Waals surface area contributed by atoms with Crippen LogP contribution in [-0.4, -0.2) is 19.8 Å². The molecule has 26 heavy (non-hydrogen) atoms. The zero-order chi connectivity index (χ0) is 18.0. The molecule has 0 radical (unpaired) electrons. The highest BCUT2D eigenvalue weighted by molar-refractivity contribution is 6.17. The highest BCUT2D eigenvalue weighted by Crippen LogP contribution is 2.35. The van der Waals surface area contributed by atoms with Crippen molar-refractivity contribution in [3.63, 3.8) is 0 Å². The van der Waals surface area contributed by atoms with E-state index in [2.05, 4.69) is 9.97 Å². The van der Waals surface area contributed by atoms with Gasteiger partial charge >= 0.3 is 0 Å². The monoisotopic (exact) mass is 346 g/mol. The van der Waals surface area contributed by atoms with Crippen molar-refractivity contribution in [2.24, 2.45) is 0 Å². The van der Waals surface area contributed by atoms with Gasteiger partial charge in [-0.05, 0) is 24.3 Å². The van der Waals surface area contributed by atoms with E-state index in [9.17, 15) is 20.2 Å². The van der Waals surface area contributed by atoms with E-state index in [0.717, 1.165) is 43.6 Å². The Morgan fingerprint density at radius 2 is 0.962 bits per heavy atom. The largest absolute Gasteiger partial charge is 0.354 e. The molecule has 0 saturated carbocycles. The lowest BCUT2D eigenvalue weighted by atomic mass is 10.1. The Bertz CT molecular complexity index is 1290. The van der Waals surface area contributed by atoms with Crippen LogP contribution in [0.2, 0.25) is 0 Å². The predicted molar refractivity (Wildman–Crippen MR) is 98.5 cm³/mol. The second-order valence-electron chi connectivity index (χ2n) is 6.17. The molecule has 5 rings (SSSR count). The molecule has 0 spiro atoms. The molecule has 2 N–H and O–H groups in total. The maximum Gasteiger partial charge on any atom is 0.270 e. The first-order valence-corrected chi connectivity index (χ1v) is 7.81. The number of hydrogen-bond acceptors (Lipinski definition) is 4. The molecule has 0 saturated heterocycles. The standard InChI is InChI=1S/C18H10N4O4/c23-21(24)9-1-3-15-11(5-9)13-7-18-14(8-17(13)19-15)12-6-10(22(25)26)2-4-16(12)20-18/h1-8,19-20H. The molecule has 0 bridgehead atoms. The molecular formula is C18H10N4O4. The van der Waals surface area contributed by atoms with Crippen molar-refractivity contribution >= 4 is 55.0 Å². The van der Waals surface area contributed by atoms with Gasteiger partial charge in [-0.15, -0.1) is 0 Å². The zero-order valence-electron chi connectivity index (χ0n) is 13.1. The molecule has 2 heterocycles. The fraction of sp³-hybridized carbons (Fsp3) is 0. The van der Waals surface area contributed by atoms with E-state index < -0.39 is 9.85 Å². The predicted octanol–water partition coefficient (Wildman–Crippen LogP) is 4.77. The van der Waals surface area contributed by atoms with Gasteiger partial charge < -0.3 is 9.97 Å². The van der Waals surface area contributed by atoms with E-state index in [0.29, 0.717) is 0 Å². The molecule has 3 aromatic carbocycles. The van der Waals surface area contributed by atoms with Crippen molar-refractivity contribution in [3.8, 4) is 0 Å². The lowest BCUT2D eigenvalue weighted by Gasteiger charge is -1.95. The number of fused-ring (bicyclic) bond motifs is 6. The van der Waals surface area contributed by atoms with Gasteiger partial charge in [0.05, 0.1) is 9.85 Å². The summed E-state index contributed by atoms with van der Waals surface area (Å²) in [6.07, 6.45) is 0. The highest BCUT2D eigenvalue weighted by atomic mass is 16.6. The number of hydrogen-bond donors (Lipinski definition) is 2. The maximum atomic E-state index is 11.1. The Balaban J connectivity index is 1.87. The summed E-state index contributed by atoms with van der Waals surface area (Å²) in [5, 5.41) is 25.4. The highest BCUT2D eigenvalue weighted by Gasteiger charge is 2.15. The van der Waals surface area contributed by atoms with Gasteiger partial charge in [0.1, 0.15) is 0 Å². The van der Waals surface area contributed by atoms with Crippen molar-refractivity contribution in [3.05, 3.63) is 68.8 Å². The van der Waals surface area contributed by atoms with E-state index in [1.807, 2.05) is 12.1 Å². The van der Waals surface area contributed by atoms with Crippen LogP contribution in [0.4, 0.5) is 11.4 Å². The summed E-state index contributed by atoms with van der Waals surface area (Å²) in [5.41, 5.74) is 3.31. The van der Waals surface area contributed by atoms with Gasteiger partial charge in [0.15, 0.2) is 0 Å². The molecule has 0 fully saturated rings. The van der Waals surface area contributed by atoms with Crippen molar-refractivity contribution in [2.75, 3.05) is 0 Å². The van der Waals surface area contributed by atoms with Crippen molar-refractivity contribution in [1.82, 2.24) is 9.97 Å². The van der Waals surface area contributed by atoms with Crippen molar-refractivity contribution in [1.29, 1.82) is 0 Å². The lowest BCUT2D eigenvalue weighted by Crippen LogP contribution is -1.86. The van der Waals surface area contributed by atoms with Gasteiger partial charge in [-0.25, -0.2) is 0 Å². The Hall–Kier alpha value is -3.94. The minimum atomic E-state index is -0.418. The van der Waals surface area contributed by atoms with Crippen LogP contribution >= 0.6 is 0 Å². The van der Waals surface area contributed by atoms with Crippen LogP contribution in [0.25, 0.3) is 43.6 Å². The molecule has 0 atom stereocenters. The van der Waals surface area contributed by atoms with Crippen LogP contribution in [-0.2, 0) is 0 Å². The molecule has 0 aliphatic carbocycles. The summed E-state index contributed by atoms with van der Waals surface area (Å²) in [7, 11) is 0. The molecule has 8 nitrogen and oxygen atoms in total. The Morgan fingerprint density at radius 3 is 1.35 bits per heavy atom. The molecule has 126 valence electrons. The second-order valence-corrected chi connectivity index (χ2v) is 6.17. The molecule has 5 aromatic rings. The fourth-order valence-electron chi connectivity index (χ4n) is 3.50. The summed E-state index contributed by atoms with van der Waals surface area (Å²) < 4.78 is 0. The SMILES string of the molecule is O=[N+]([O-])c1ccc2[nH]c3cc4c(cc3c2c1)[nH]c1ccc([N+](=O)[O-])cc14. The average molecular weight is 346 g/mol. The number of rotatable bonds is 2. The minimum Gasteiger partial charge on any atom is -0.354 e. The third kappa shape index (κ3) is 1.89. The first kappa shape index (κ1) is 14.4. The van der Waals surface area contributed by atoms with Gasteiger partial charge in [-0.2, -0.15) is 0 Å². The fourth-order valence-corrected chi connectivity index (χ4v) is 3.50. The number of H-pyrrole nitrogens is 2. The second kappa shape index (κ2) is 4.79. The van der Waals surface area contributed by atoms with E-state index in [4.69, 9.17) is 0 Å². The summed E-state index contributed by atoms with van der Waals surface area (Å²) in [5.74, 6) is 0. The third-order valence-corrected chi connectivity index (χ3v) is 4.70. The van der Waals surface area contributed by atoms with Gasteiger partial charge in [-0.3, -0.25) is 20.2 Å². The Labute approximate surface area is 144 Å². The van der Waals surface area contributed by atoms with Crippen LogP contribution in [0.15, 0.2) is 48.5 Å². The quantitative estimate of drug-likeness (QED) is 0.353. The third-order valence-electron chi connectivity index (χ3n) is 4.70. The molecule has 0 unspecified atom stereocenters. The number of benzene rings is 3. The topological polar surface area (TPSA) is 118 Å². The first-order valence-electron chi connectivity index (χ1n) is 7.81. The first-order chi connectivity index (χ1) is 12.5. The van der Waals surface area contributed by atoms with Gasteiger partial charge in [0, 0.05) is 67.9 Å². The molecule has 0 aliphatic heterocycles.